The molecule has 0 radical (unpaired) electrons. The molecule has 3 heterocycles. The predicted octanol–water partition coefficient (Wildman–Crippen LogP) is 13.1. The van der Waals surface area contributed by atoms with E-state index < -0.39 is 0 Å². The third-order valence-electron chi connectivity index (χ3n) is 10.5. The Labute approximate surface area is 293 Å². The summed E-state index contributed by atoms with van der Waals surface area (Å²) >= 11 is 0. The fourth-order valence-corrected chi connectivity index (χ4v) is 8.24. The molecule has 0 unspecified atom stereocenters. The lowest BCUT2D eigenvalue weighted by atomic mass is 10.0. The lowest BCUT2D eigenvalue weighted by molar-refractivity contribution is 0.671. The molecule has 11 aromatic rings. The monoisotopic (exact) mass is 650 g/mol. The van der Waals surface area contributed by atoms with E-state index in [2.05, 4.69) is 185 Å². The highest BCUT2D eigenvalue weighted by atomic mass is 16.3. The zero-order valence-corrected chi connectivity index (χ0v) is 27.6. The molecule has 0 bridgehead atoms. The normalized spacial score (nSPS) is 11.9. The van der Waals surface area contributed by atoms with Gasteiger partial charge in [0, 0.05) is 49.3 Å². The van der Waals surface area contributed by atoms with Gasteiger partial charge in [-0.2, -0.15) is 0 Å². The summed E-state index contributed by atoms with van der Waals surface area (Å²) in [6.45, 7) is 0. The number of rotatable bonds is 4. The fourth-order valence-electron chi connectivity index (χ4n) is 8.24. The Bertz CT molecular complexity index is 3100. The van der Waals surface area contributed by atoms with Crippen molar-refractivity contribution in [2.75, 3.05) is 0 Å². The number of benzene rings is 8. The first kappa shape index (κ1) is 28.0. The molecule has 3 nitrogen and oxygen atoms in total. The van der Waals surface area contributed by atoms with Crippen LogP contribution in [0.15, 0.2) is 186 Å². The maximum atomic E-state index is 6.56. The Morgan fingerprint density at radius 2 is 0.824 bits per heavy atom. The van der Waals surface area contributed by atoms with Crippen molar-refractivity contribution >= 4 is 65.6 Å². The summed E-state index contributed by atoms with van der Waals surface area (Å²) in [6, 6.07) is 65.4. The van der Waals surface area contributed by atoms with Crippen LogP contribution >= 0.6 is 0 Å². The molecule has 0 saturated heterocycles. The van der Waals surface area contributed by atoms with Crippen molar-refractivity contribution in [1.82, 2.24) is 9.13 Å². The summed E-state index contributed by atoms with van der Waals surface area (Å²) in [4.78, 5) is 0. The van der Waals surface area contributed by atoms with Gasteiger partial charge in [0.1, 0.15) is 5.58 Å². The van der Waals surface area contributed by atoms with Crippen LogP contribution in [0, 0.1) is 0 Å². The summed E-state index contributed by atoms with van der Waals surface area (Å²) in [7, 11) is 0. The minimum Gasteiger partial charge on any atom is -0.454 e. The van der Waals surface area contributed by atoms with Crippen LogP contribution in [0.2, 0.25) is 0 Å². The number of para-hydroxylation sites is 4. The van der Waals surface area contributed by atoms with Crippen LogP contribution < -0.4 is 0 Å². The number of hydrogen-bond acceptors (Lipinski definition) is 1. The van der Waals surface area contributed by atoms with Crippen LogP contribution in [-0.2, 0) is 0 Å². The van der Waals surface area contributed by atoms with Crippen LogP contribution in [0.1, 0.15) is 0 Å². The molecule has 0 aliphatic carbocycles. The summed E-state index contributed by atoms with van der Waals surface area (Å²) in [6.07, 6.45) is 0. The minimum absolute atomic E-state index is 0.910. The van der Waals surface area contributed by atoms with Crippen LogP contribution in [-0.4, -0.2) is 9.13 Å². The van der Waals surface area contributed by atoms with Crippen molar-refractivity contribution in [2.45, 2.75) is 0 Å². The van der Waals surface area contributed by atoms with E-state index in [1.165, 1.54) is 60.3 Å². The van der Waals surface area contributed by atoms with Crippen LogP contribution in [0.4, 0.5) is 0 Å². The van der Waals surface area contributed by atoms with Gasteiger partial charge >= 0.3 is 0 Å². The Balaban J connectivity index is 1.03. The predicted molar refractivity (Wildman–Crippen MR) is 213 cm³/mol. The minimum atomic E-state index is 0.910. The summed E-state index contributed by atoms with van der Waals surface area (Å²) in [5.74, 6) is 0. The average Bonchev–Trinajstić information content (AvgIpc) is 3.86. The van der Waals surface area contributed by atoms with Gasteiger partial charge < -0.3 is 13.6 Å². The molecule has 3 aromatic heterocycles. The van der Waals surface area contributed by atoms with Crippen molar-refractivity contribution < 1.29 is 4.42 Å². The van der Waals surface area contributed by atoms with E-state index in [4.69, 9.17) is 4.42 Å². The first-order chi connectivity index (χ1) is 25.3. The van der Waals surface area contributed by atoms with Crippen molar-refractivity contribution in [3.05, 3.63) is 182 Å². The van der Waals surface area contributed by atoms with E-state index in [9.17, 15) is 0 Å². The number of fused-ring (bicyclic) bond motifs is 10. The number of furan rings is 1. The largest absolute Gasteiger partial charge is 0.454 e. The first-order valence-electron chi connectivity index (χ1n) is 17.4. The molecule has 238 valence electrons. The van der Waals surface area contributed by atoms with Crippen molar-refractivity contribution in [3.63, 3.8) is 0 Å². The quantitative estimate of drug-likeness (QED) is 0.186. The SMILES string of the molecule is c1ccc(-c2cccc3c4ccccc4n(-c4ccc(-c5ccc(-n6c7ccccc7c7ccc8c9ccccc9oc8c76)cc5)cc4)c23)cc1. The van der Waals surface area contributed by atoms with E-state index in [-0.39, 0.29) is 0 Å². The summed E-state index contributed by atoms with van der Waals surface area (Å²) in [5.41, 5.74) is 13.6. The zero-order valence-electron chi connectivity index (χ0n) is 27.6. The van der Waals surface area contributed by atoms with Gasteiger partial charge in [0.25, 0.3) is 0 Å². The molecular weight excluding hydrogens is 621 g/mol. The van der Waals surface area contributed by atoms with Gasteiger partial charge in [0.2, 0.25) is 0 Å². The third kappa shape index (κ3) is 4.12. The lowest BCUT2D eigenvalue weighted by Gasteiger charge is -2.13. The van der Waals surface area contributed by atoms with Crippen molar-refractivity contribution in [1.29, 1.82) is 0 Å². The average molecular weight is 651 g/mol. The lowest BCUT2D eigenvalue weighted by Crippen LogP contribution is -1.96. The van der Waals surface area contributed by atoms with Gasteiger partial charge in [-0.25, -0.2) is 0 Å². The van der Waals surface area contributed by atoms with Crippen molar-refractivity contribution in [3.8, 4) is 33.6 Å². The van der Waals surface area contributed by atoms with E-state index in [0.29, 0.717) is 0 Å². The highest BCUT2D eigenvalue weighted by Crippen LogP contribution is 2.41. The Hall–Kier alpha value is -6.84. The van der Waals surface area contributed by atoms with Gasteiger partial charge in [-0.1, -0.05) is 133 Å². The molecule has 3 heteroatoms. The maximum Gasteiger partial charge on any atom is 0.160 e. The zero-order chi connectivity index (χ0) is 33.5. The van der Waals surface area contributed by atoms with Gasteiger partial charge in [-0.05, 0) is 65.2 Å². The van der Waals surface area contributed by atoms with Gasteiger partial charge in [0.05, 0.1) is 22.1 Å². The van der Waals surface area contributed by atoms with Crippen molar-refractivity contribution in [2.24, 2.45) is 0 Å². The second-order valence-electron chi connectivity index (χ2n) is 13.3. The molecule has 8 aromatic carbocycles. The molecule has 0 saturated carbocycles. The summed E-state index contributed by atoms with van der Waals surface area (Å²) in [5, 5.41) is 7.21. The molecule has 11 rings (SSSR count). The number of hydrogen-bond donors (Lipinski definition) is 0. The number of aromatic nitrogens is 2. The highest BCUT2D eigenvalue weighted by Gasteiger charge is 2.19. The smallest absolute Gasteiger partial charge is 0.160 e. The molecule has 0 fully saturated rings. The van der Waals surface area contributed by atoms with Crippen LogP contribution in [0.3, 0.4) is 0 Å². The van der Waals surface area contributed by atoms with Crippen LogP contribution in [0.5, 0.6) is 0 Å². The summed E-state index contributed by atoms with van der Waals surface area (Å²) < 4.78 is 11.3. The topological polar surface area (TPSA) is 23.0 Å². The molecular formula is C48H30N2O. The molecule has 51 heavy (non-hydrogen) atoms. The molecule has 0 N–H and O–H groups in total. The molecule has 0 spiro atoms. The van der Waals surface area contributed by atoms with Crippen LogP contribution in [0.25, 0.3) is 99.2 Å². The third-order valence-corrected chi connectivity index (χ3v) is 10.5. The Kier molecular flexibility index (Phi) is 5.96. The van der Waals surface area contributed by atoms with Gasteiger partial charge in [-0.3, -0.25) is 0 Å². The molecule has 0 amide bonds. The second kappa shape index (κ2) is 10.8. The standard InChI is InChI=1S/C48H30N2O/c1-2-11-33(12-3-1)36-16-10-17-40-37-13-4-7-18-43(37)49(46(36)40)34-25-21-31(22-26-34)32-23-27-35(28-24-32)50-44-19-8-5-14-38(44)41-29-30-42-39-15-6-9-20-45(39)51-48(42)47(41)50/h1-30H. The molecule has 0 aliphatic rings. The van der Waals surface area contributed by atoms with Gasteiger partial charge in [-0.15, -0.1) is 0 Å². The molecule has 0 atom stereocenters. The Morgan fingerprint density at radius 1 is 0.314 bits per heavy atom. The van der Waals surface area contributed by atoms with Gasteiger partial charge in [0.15, 0.2) is 5.58 Å². The van der Waals surface area contributed by atoms with E-state index in [1.807, 2.05) is 6.07 Å². The maximum absolute atomic E-state index is 6.56. The number of nitrogens with zero attached hydrogens (tertiary/aromatic N) is 2. The van der Waals surface area contributed by atoms with E-state index >= 15 is 0 Å². The Morgan fingerprint density at radius 3 is 1.49 bits per heavy atom. The van der Waals surface area contributed by atoms with E-state index in [1.54, 1.807) is 0 Å². The molecule has 0 aliphatic heterocycles. The first-order valence-corrected chi connectivity index (χ1v) is 17.4. The highest BCUT2D eigenvalue weighted by molar-refractivity contribution is 6.21. The van der Waals surface area contributed by atoms with E-state index in [0.717, 1.165) is 38.8 Å². The second-order valence-corrected chi connectivity index (χ2v) is 13.3. The fraction of sp³-hybridized carbons (Fsp3) is 0.